The summed E-state index contributed by atoms with van der Waals surface area (Å²) in [6.07, 6.45) is -4.66. The molecule has 0 atom stereocenters. The van der Waals surface area contributed by atoms with E-state index >= 15 is 0 Å². The molecule has 0 fully saturated rings. The van der Waals surface area contributed by atoms with Crippen molar-refractivity contribution in [2.75, 3.05) is 0 Å². The molecule has 8 heteroatoms. The van der Waals surface area contributed by atoms with Crippen LogP contribution in [0.3, 0.4) is 0 Å². The summed E-state index contributed by atoms with van der Waals surface area (Å²) in [6.45, 7) is 1.55. The van der Waals surface area contributed by atoms with E-state index in [4.69, 9.17) is 23.2 Å². The molecular weight excluding hydrogens is 319 g/mol. The summed E-state index contributed by atoms with van der Waals surface area (Å²) in [5.41, 5.74) is -0.770. The highest BCUT2D eigenvalue weighted by Crippen LogP contribution is 2.36. The molecule has 0 saturated heterocycles. The fourth-order valence-electron chi connectivity index (χ4n) is 1.79. The van der Waals surface area contributed by atoms with Crippen LogP contribution in [0.15, 0.2) is 18.2 Å². The summed E-state index contributed by atoms with van der Waals surface area (Å²) in [7, 11) is 0. The van der Waals surface area contributed by atoms with Crippen LogP contribution in [0.5, 0.6) is 0 Å². The predicted octanol–water partition coefficient (Wildman–Crippen LogP) is 4.73. The summed E-state index contributed by atoms with van der Waals surface area (Å²) in [6, 6.07) is 3.61. The first-order valence-corrected chi connectivity index (χ1v) is 6.34. The van der Waals surface area contributed by atoms with Crippen LogP contribution in [0.1, 0.15) is 16.8 Å². The maximum atomic E-state index is 13.0. The first kappa shape index (κ1) is 15.1. The molecule has 1 aromatic heterocycles. The van der Waals surface area contributed by atoms with Crippen LogP contribution in [0, 0.1) is 12.7 Å². The van der Waals surface area contributed by atoms with E-state index < -0.39 is 23.6 Å². The summed E-state index contributed by atoms with van der Waals surface area (Å²) in [5, 5.41) is 3.23. The number of hydrogen-bond donors (Lipinski definition) is 0. The van der Waals surface area contributed by atoms with Crippen molar-refractivity contribution in [2.24, 2.45) is 0 Å². The SMILES string of the molecule is Cc1cc(F)ccc1-n1nc(C(F)(F)F)c(CCl)c1Cl. The van der Waals surface area contributed by atoms with Crippen molar-refractivity contribution < 1.29 is 17.6 Å². The van der Waals surface area contributed by atoms with E-state index in [0.717, 1.165) is 10.7 Å². The fourth-order valence-corrected chi connectivity index (χ4v) is 2.40. The Morgan fingerprint density at radius 1 is 1.30 bits per heavy atom. The molecule has 0 aliphatic carbocycles. The van der Waals surface area contributed by atoms with Gasteiger partial charge in [0, 0.05) is 5.56 Å². The quantitative estimate of drug-likeness (QED) is 0.576. The average molecular weight is 327 g/mol. The molecule has 0 amide bonds. The number of halogens is 6. The van der Waals surface area contributed by atoms with Crippen LogP contribution in [0.4, 0.5) is 17.6 Å². The molecule has 2 aromatic rings. The number of aromatic nitrogens is 2. The van der Waals surface area contributed by atoms with Crippen molar-refractivity contribution in [3.05, 3.63) is 46.0 Å². The van der Waals surface area contributed by atoms with E-state index in [9.17, 15) is 17.6 Å². The first-order valence-electron chi connectivity index (χ1n) is 5.42. The van der Waals surface area contributed by atoms with Gasteiger partial charge in [-0.15, -0.1) is 11.6 Å². The molecule has 0 spiro atoms. The van der Waals surface area contributed by atoms with Gasteiger partial charge in [0.05, 0.1) is 11.6 Å². The molecule has 108 valence electrons. The van der Waals surface area contributed by atoms with Gasteiger partial charge in [0.1, 0.15) is 11.0 Å². The van der Waals surface area contributed by atoms with Crippen molar-refractivity contribution in [3.63, 3.8) is 0 Å². The van der Waals surface area contributed by atoms with Crippen LogP contribution < -0.4 is 0 Å². The molecule has 0 radical (unpaired) electrons. The zero-order valence-corrected chi connectivity index (χ0v) is 11.6. The Hall–Kier alpha value is -1.27. The summed E-state index contributed by atoms with van der Waals surface area (Å²) < 4.78 is 52.5. The lowest BCUT2D eigenvalue weighted by Crippen LogP contribution is -2.09. The average Bonchev–Trinajstić information content (AvgIpc) is 2.66. The van der Waals surface area contributed by atoms with Crippen LogP contribution in [0.2, 0.25) is 5.15 Å². The molecule has 0 aliphatic rings. The molecule has 0 bridgehead atoms. The fraction of sp³-hybridized carbons (Fsp3) is 0.250. The highest BCUT2D eigenvalue weighted by molar-refractivity contribution is 6.31. The maximum Gasteiger partial charge on any atom is 0.435 e. The summed E-state index contributed by atoms with van der Waals surface area (Å²) >= 11 is 11.4. The molecule has 2 nitrogen and oxygen atoms in total. The van der Waals surface area contributed by atoms with E-state index in [1.807, 2.05) is 0 Å². The van der Waals surface area contributed by atoms with Gasteiger partial charge in [0.2, 0.25) is 0 Å². The van der Waals surface area contributed by atoms with Crippen molar-refractivity contribution in [2.45, 2.75) is 19.0 Å². The number of alkyl halides is 4. The Labute approximate surface area is 121 Å². The highest BCUT2D eigenvalue weighted by Gasteiger charge is 2.39. The van der Waals surface area contributed by atoms with E-state index in [2.05, 4.69) is 5.10 Å². The van der Waals surface area contributed by atoms with Gasteiger partial charge in [-0.25, -0.2) is 9.07 Å². The molecule has 1 heterocycles. The number of hydrogen-bond acceptors (Lipinski definition) is 1. The lowest BCUT2D eigenvalue weighted by molar-refractivity contribution is -0.141. The Bertz CT molecular complexity index is 650. The molecule has 0 N–H and O–H groups in total. The lowest BCUT2D eigenvalue weighted by atomic mass is 10.2. The molecule has 0 saturated carbocycles. The zero-order chi connectivity index (χ0) is 15.1. The molecule has 20 heavy (non-hydrogen) atoms. The minimum absolute atomic E-state index is 0.234. The van der Waals surface area contributed by atoms with Gasteiger partial charge in [-0.2, -0.15) is 18.3 Å². The number of nitrogens with zero attached hydrogens (tertiary/aromatic N) is 2. The number of benzene rings is 1. The third kappa shape index (κ3) is 2.62. The highest BCUT2D eigenvalue weighted by atomic mass is 35.5. The lowest BCUT2D eigenvalue weighted by Gasteiger charge is -2.07. The summed E-state index contributed by atoms with van der Waals surface area (Å²) in [4.78, 5) is 0. The van der Waals surface area contributed by atoms with Crippen LogP contribution in [-0.2, 0) is 12.1 Å². The Morgan fingerprint density at radius 3 is 2.40 bits per heavy atom. The van der Waals surface area contributed by atoms with Gasteiger partial charge < -0.3 is 0 Å². The van der Waals surface area contributed by atoms with E-state index in [-0.39, 0.29) is 16.4 Å². The zero-order valence-electron chi connectivity index (χ0n) is 10.1. The van der Waals surface area contributed by atoms with Crippen molar-refractivity contribution in [3.8, 4) is 5.69 Å². The van der Waals surface area contributed by atoms with Crippen LogP contribution >= 0.6 is 23.2 Å². The van der Waals surface area contributed by atoms with Gasteiger partial charge in [0.25, 0.3) is 0 Å². The minimum atomic E-state index is -4.66. The first-order chi connectivity index (χ1) is 9.25. The second-order valence-corrected chi connectivity index (χ2v) is 4.72. The third-order valence-corrected chi connectivity index (χ3v) is 3.37. The van der Waals surface area contributed by atoms with Gasteiger partial charge in [-0.05, 0) is 30.7 Å². The van der Waals surface area contributed by atoms with Crippen molar-refractivity contribution >= 4 is 23.2 Å². The Morgan fingerprint density at radius 2 is 1.95 bits per heavy atom. The smallest absolute Gasteiger partial charge is 0.221 e. The third-order valence-electron chi connectivity index (χ3n) is 2.71. The molecule has 2 rings (SSSR count). The van der Waals surface area contributed by atoms with Crippen molar-refractivity contribution in [1.29, 1.82) is 0 Å². The molecule has 0 unspecified atom stereocenters. The molecule has 1 aromatic carbocycles. The second-order valence-electron chi connectivity index (χ2n) is 4.09. The van der Waals surface area contributed by atoms with Crippen LogP contribution in [0.25, 0.3) is 5.69 Å². The number of aryl methyl sites for hydroxylation is 1. The van der Waals surface area contributed by atoms with Gasteiger partial charge in [-0.3, -0.25) is 0 Å². The second kappa shape index (κ2) is 5.26. The molecule has 0 aliphatic heterocycles. The Kier molecular flexibility index (Phi) is 3.97. The molecular formula is C12H8Cl2F4N2. The maximum absolute atomic E-state index is 13.0. The Balaban J connectivity index is 2.67. The largest absolute Gasteiger partial charge is 0.435 e. The van der Waals surface area contributed by atoms with Gasteiger partial charge in [-0.1, -0.05) is 11.6 Å². The van der Waals surface area contributed by atoms with E-state index in [1.54, 1.807) is 6.92 Å². The van der Waals surface area contributed by atoms with Gasteiger partial charge in [0.15, 0.2) is 5.69 Å². The van der Waals surface area contributed by atoms with E-state index in [1.165, 1.54) is 12.1 Å². The van der Waals surface area contributed by atoms with Gasteiger partial charge >= 0.3 is 6.18 Å². The number of rotatable bonds is 2. The standard InChI is InChI=1S/C12H8Cl2F4N2/c1-6-4-7(15)2-3-9(6)20-11(14)8(5-13)10(19-20)12(16,17)18/h2-4H,5H2,1H3. The van der Waals surface area contributed by atoms with E-state index in [0.29, 0.717) is 5.56 Å². The monoisotopic (exact) mass is 326 g/mol. The summed E-state index contributed by atoms with van der Waals surface area (Å²) in [5.74, 6) is -0.920. The van der Waals surface area contributed by atoms with Crippen LogP contribution in [-0.4, -0.2) is 9.78 Å². The topological polar surface area (TPSA) is 17.8 Å². The predicted molar refractivity (Wildman–Crippen MR) is 67.8 cm³/mol. The minimum Gasteiger partial charge on any atom is -0.221 e. The van der Waals surface area contributed by atoms with Crippen molar-refractivity contribution in [1.82, 2.24) is 9.78 Å². The normalized spacial score (nSPS) is 11.9.